The van der Waals surface area contributed by atoms with Gasteiger partial charge in [0, 0.05) is 25.4 Å². The van der Waals surface area contributed by atoms with Gasteiger partial charge in [-0.15, -0.1) is 0 Å². The van der Waals surface area contributed by atoms with Crippen LogP contribution < -0.4 is 0 Å². The molecule has 0 aromatic heterocycles. The molecule has 1 aliphatic heterocycles. The van der Waals surface area contributed by atoms with Crippen molar-refractivity contribution in [1.82, 2.24) is 4.90 Å². The summed E-state index contributed by atoms with van der Waals surface area (Å²) in [6, 6.07) is 0. The number of Topliss-reactive ketones (excluding diaryl/α,β-unsaturated/α-hetero) is 1. The monoisotopic (exact) mass is 251 g/mol. The molecule has 0 N–H and O–H groups in total. The van der Waals surface area contributed by atoms with Gasteiger partial charge in [0.15, 0.2) is 0 Å². The molecule has 0 bridgehead atoms. The van der Waals surface area contributed by atoms with Gasteiger partial charge in [-0.2, -0.15) is 0 Å². The summed E-state index contributed by atoms with van der Waals surface area (Å²) >= 11 is 0. The van der Waals surface area contributed by atoms with Gasteiger partial charge in [-0.05, 0) is 43.6 Å². The maximum atomic E-state index is 12.1. The number of nitrogens with zero attached hydrogens (tertiary/aromatic N) is 1. The highest BCUT2D eigenvalue weighted by Gasteiger charge is 2.32. The van der Waals surface area contributed by atoms with Crippen molar-refractivity contribution in [1.29, 1.82) is 0 Å². The van der Waals surface area contributed by atoms with Gasteiger partial charge in [0.1, 0.15) is 5.78 Å². The number of likely N-dealkylation sites (tertiary alicyclic amines) is 1. The molecule has 0 aromatic carbocycles. The Balaban J connectivity index is 1.85. The van der Waals surface area contributed by atoms with E-state index in [0.717, 1.165) is 43.6 Å². The van der Waals surface area contributed by atoms with E-state index in [1.165, 1.54) is 25.9 Å². The molecule has 1 saturated heterocycles. The minimum absolute atomic E-state index is 0.335. The quantitative estimate of drug-likeness (QED) is 0.763. The molecule has 2 fully saturated rings. The first kappa shape index (κ1) is 14.0. The van der Waals surface area contributed by atoms with Crippen LogP contribution in [0.5, 0.6) is 0 Å². The molecular weight excluding hydrogens is 222 g/mol. The van der Waals surface area contributed by atoms with E-state index in [4.69, 9.17) is 0 Å². The van der Waals surface area contributed by atoms with Crippen molar-refractivity contribution >= 4 is 5.78 Å². The Hall–Kier alpha value is -0.370. The highest BCUT2D eigenvalue weighted by molar-refractivity contribution is 5.82. The third kappa shape index (κ3) is 3.34. The Kier molecular flexibility index (Phi) is 4.83. The molecule has 1 heterocycles. The van der Waals surface area contributed by atoms with Gasteiger partial charge < -0.3 is 4.90 Å². The van der Waals surface area contributed by atoms with Crippen molar-refractivity contribution in [3.63, 3.8) is 0 Å². The van der Waals surface area contributed by atoms with Crippen LogP contribution in [0, 0.1) is 23.7 Å². The first-order chi connectivity index (χ1) is 8.60. The van der Waals surface area contributed by atoms with Gasteiger partial charge in [0.05, 0.1) is 0 Å². The van der Waals surface area contributed by atoms with Crippen molar-refractivity contribution < 1.29 is 4.79 Å². The summed E-state index contributed by atoms with van der Waals surface area (Å²) in [4.78, 5) is 14.6. The molecule has 0 aromatic rings. The lowest BCUT2D eigenvalue weighted by atomic mass is 9.75. The van der Waals surface area contributed by atoms with Crippen molar-refractivity contribution in [2.24, 2.45) is 23.7 Å². The fourth-order valence-corrected chi connectivity index (χ4v) is 3.65. The van der Waals surface area contributed by atoms with Crippen LogP contribution in [0.3, 0.4) is 0 Å². The first-order valence-electron chi connectivity index (χ1n) is 7.85. The second-order valence-electron chi connectivity index (χ2n) is 6.76. The number of hydrogen-bond acceptors (Lipinski definition) is 2. The standard InChI is InChI=1S/C16H29NO/c1-4-13-7-8-17(10-13)11-15-9-14(12(2)3)5-6-16(15)18/h12-15H,4-11H2,1-3H3. The van der Waals surface area contributed by atoms with E-state index in [1.807, 2.05) is 0 Å². The zero-order valence-electron chi connectivity index (χ0n) is 12.3. The van der Waals surface area contributed by atoms with Crippen LogP contribution in [0.15, 0.2) is 0 Å². The molecule has 2 heteroatoms. The normalized spacial score (nSPS) is 34.4. The lowest BCUT2D eigenvalue weighted by molar-refractivity contribution is -0.126. The van der Waals surface area contributed by atoms with Crippen LogP contribution in [0.4, 0.5) is 0 Å². The Bertz CT molecular complexity index is 287. The Morgan fingerprint density at radius 2 is 2.11 bits per heavy atom. The predicted molar refractivity (Wildman–Crippen MR) is 75.5 cm³/mol. The first-order valence-corrected chi connectivity index (χ1v) is 7.85. The van der Waals surface area contributed by atoms with Gasteiger partial charge in [-0.1, -0.05) is 27.2 Å². The molecule has 2 nitrogen and oxygen atoms in total. The summed E-state index contributed by atoms with van der Waals surface area (Å²) in [5, 5.41) is 0. The third-order valence-corrected chi connectivity index (χ3v) is 5.17. The smallest absolute Gasteiger partial charge is 0.137 e. The average Bonchev–Trinajstić information content (AvgIpc) is 2.79. The summed E-state index contributed by atoms with van der Waals surface area (Å²) in [5.41, 5.74) is 0. The van der Waals surface area contributed by atoms with E-state index in [9.17, 15) is 4.79 Å². The molecule has 1 aliphatic carbocycles. The number of hydrogen-bond donors (Lipinski definition) is 0. The molecule has 0 radical (unpaired) electrons. The minimum atomic E-state index is 0.335. The third-order valence-electron chi connectivity index (χ3n) is 5.17. The lowest BCUT2D eigenvalue weighted by Crippen LogP contribution is -2.36. The van der Waals surface area contributed by atoms with E-state index in [0.29, 0.717) is 11.7 Å². The second kappa shape index (κ2) is 6.18. The SMILES string of the molecule is CCC1CCN(CC2CC(C(C)C)CCC2=O)C1. The van der Waals surface area contributed by atoms with Crippen molar-refractivity contribution in [2.75, 3.05) is 19.6 Å². The molecular formula is C16H29NO. The molecule has 3 unspecified atom stereocenters. The van der Waals surface area contributed by atoms with Crippen LogP contribution >= 0.6 is 0 Å². The maximum Gasteiger partial charge on any atom is 0.137 e. The van der Waals surface area contributed by atoms with Crippen LogP contribution in [0.25, 0.3) is 0 Å². The molecule has 0 spiro atoms. The van der Waals surface area contributed by atoms with Crippen LogP contribution in [0.1, 0.15) is 52.9 Å². The Morgan fingerprint density at radius 3 is 2.72 bits per heavy atom. The fourth-order valence-electron chi connectivity index (χ4n) is 3.65. The van der Waals surface area contributed by atoms with Gasteiger partial charge in [0.2, 0.25) is 0 Å². The summed E-state index contributed by atoms with van der Waals surface area (Å²) in [7, 11) is 0. The molecule has 1 saturated carbocycles. The van der Waals surface area contributed by atoms with E-state index >= 15 is 0 Å². The average molecular weight is 251 g/mol. The number of ketones is 1. The number of rotatable bonds is 4. The number of carbonyl (C=O) groups excluding carboxylic acids is 1. The van der Waals surface area contributed by atoms with Crippen molar-refractivity contribution in [2.45, 2.75) is 52.9 Å². The summed E-state index contributed by atoms with van der Waals surface area (Å²) in [6.07, 6.45) is 5.74. The summed E-state index contributed by atoms with van der Waals surface area (Å²) in [5.74, 6) is 3.26. The van der Waals surface area contributed by atoms with E-state index in [-0.39, 0.29) is 0 Å². The Morgan fingerprint density at radius 1 is 1.33 bits per heavy atom. The van der Waals surface area contributed by atoms with Gasteiger partial charge in [-0.25, -0.2) is 0 Å². The lowest BCUT2D eigenvalue weighted by Gasteiger charge is -2.32. The maximum absolute atomic E-state index is 12.1. The Labute approximate surface area is 112 Å². The molecule has 0 amide bonds. The van der Waals surface area contributed by atoms with Crippen LogP contribution in [0.2, 0.25) is 0 Å². The minimum Gasteiger partial charge on any atom is -0.302 e. The predicted octanol–water partition coefficient (Wildman–Crippen LogP) is 3.36. The molecule has 3 atom stereocenters. The topological polar surface area (TPSA) is 20.3 Å². The zero-order chi connectivity index (χ0) is 13.1. The van der Waals surface area contributed by atoms with E-state index in [1.54, 1.807) is 0 Å². The number of carbonyl (C=O) groups is 1. The van der Waals surface area contributed by atoms with Crippen LogP contribution in [-0.2, 0) is 4.79 Å². The van der Waals surface area contributed by atoms with Gasteiger partial charge >= 0.3 is 0 Å². The molecule has 104 valence electrons. The van der Waals surface area contributed by atoms with E-state index < -0.39 is 0 Å². The van der Waals surface area contributed by atoms with E-state index in [2.05, 4.69) is 25.7 Å². The molecule has 18 heavy (non-hydrogen) atoms. The second-order valence-corrected chi connectivity index (χ2v) is 6.76. The highest BCUT2D eigenvalue weighted by Crippen LogP contribution is 2.33. The fraction of sp³-hybridized carbons (Fsp3) is 0.938. The summed E-state index contributed by atoms with van der Waals surface area (Å²) < 4.78 is 0. The van der Waals surface area contributed by atoms with Crippen molar-refractivity contribution in [3.05, 3.63) is 0 Å². The van der Waals surface area contributed by atoms with Crippen LogP contribution in [-0.4, -0.2) is 30.3 Å². The zero-order valence-corrected chi connectivity index (χ0v) is 12.3. The van der Waals surface area contributed by atoms with Crippen molar-refractivity contribution in [3.8, 4) is 0 Å². The van der Waals surface area contributed by atoms with Gasteiger partial charge in [0.25, 0.3) is 0 Å². The van der Waals surface area contributed by atoms with Gasteiger partial charge in [-0.3, -0.25) is 4.79 Å². The highest BCUT2D eigenvalue weighted by atomic mass is 16.1. The summed E-state index contributed by atoms with van der Waals surface area (Å²) in [6.45, 7) is 10.4. The largest absolute Gasteiger partial charge is 0.302 e. The molecule has 2 aliphatic rings. The molecule has 2 rings (SSSR count).